The summed E-state index contributed by atoms with van der Waals surface area (Å²) in [5.74, 6) is 0. The number of nitrogens with zero attached hydrogens (tertiary/aromatic N) is 3. The number of hydrogen-bond acceptors (Lipinski definition) is 3. The molecule has 0 spiro atoms. The summed E-state index contributed by atoms with van der Waals surface area (Å²) >= 11 is 0. The van der Waals surface area contributed by atoms with Crippen LogP contribution in [-0.4, -0.2) is 26.6 Å². The molecule has 1 heterocycles. The van der Waals surface area contributed by atoms with E-state index in [0.29, 0.717) is 12.6 Å². The Kier molecular flexibility index (Phi) is 5.23. The minimum atomic E-state index is -0.257. The van der Waals surface area contributed by atoms with E-state index in [1.807, 2.05) is 0 Å². The molecule has 25 heavy (non-hydrogen) atoms. The van der Waals surface area contributed by atoms with Crippen molar-refractivity contribution < 1.29 is 0 Å². The Morgan fingerprint density at radius 2 is 1.84 bits per heavy atom. The number of aromatic nitrogens is 2. The summed E-state index contributed by atoms with van der Waals surface area (Å²) < 4.78 is 2.76. The lowest BCUT2D eigenvalue weighted by atomic mass is 9.87. The maximum absolute atomic E-state index is 12.2. The SMILES string of the molecule is CCCN(Cc1cc(=O)n(C)c(=O)n1C)[C@@H]1CCc2ccccc2C1. The maximum Gasteiger partial charge on any atom is 0.330 e. The first kappa shape index (κ1) is 17.7. The number of benzene rings is 1. The molecule has 1 aromatic heterocycles. The van der Waals surface area contributed by atoms with Gasteiger partial charge in [0.15, 0.2) is 0 Å². The topological polar surface area (TPSA) is 47.2 Å². The molecule has 1 aliphatic carbocycles. The molecule has 134 valence electrons. The van der Waals surface area contributed by atoms with Gasteiger partial charge in [-0.15, -0.1) is 0 Å². The van der Waals surface area contributed by atoms with Crippen LogP contribution in [0.25, 0.3) is 0 Å². The summed E-state index contributed by atoms with van der Waals surface area (Å²) in [6.45, 7) is 3.78. The standard InChI is InChI=1S/C20H27N3O2/c1-4-11-23(14-18-13-19(24)22(3)20(25)21(18)2)17-10-9-15-7-5-6-8-16(15)12-17/h5-8,13,17H,4,9-12,14H2,1-3H3/t17-/m1/s1. The molecular weight excluding hydrogens is 314 g/mol. The highest BCUT2D eigenvalue weighted by Crippen LogP contribution is 2.25. The lowest BCUT2D eigenvalue weighted by Crippen LogP contribution is -2.43. The number of rotatable bonds is 5. The Hall–Kier alpha value is -2.14. The summed E-state index contributed by atoms with van der Waals surface area (Å²) in [4.78, 5) is 26.7. The smallest absolute Gasteiger partial charge is 0.299 e. The van der Waals surface area contributed by atoms with E-state index in [-0.39, 0.29) is 11.2 Å². The van der Waals surface area contributed by atoms with Crippen LogP contribution >= 0.6 is 0 Å². The molecule has 0 radical (unpaired) electrons. The lowest BCUT2D eigenvalue weighted by Gasteiger charge is -2.35. The van der Waals surface area contributed by atoms with Crippen molar-refractivity contribution in [1.82, 2.24) is 14.0 Å². The second-order valence-corrected chi connectivity index (χ2v) is 7.01. The summed E-state index contributed by atoms with van der Waals surface area (Å²) in [5, 5.41) is 0. The fraction of sp³-hybridized carbons (Fsp3) is 0.500. The summed E-state index contributed by atoms with van der Waals surface area (Å²) in [5.41, 5.74) is 3.19. The van der Waals surface area contributed by atoms with E-state index in [1.165, 1.54) is 18.2 Å². The molecule has 1 atom stereocenters. The van der Waals surface area contributed by atoms with Crippen LogP contribution < -0.4 is 11.2 Å². The van der Waals surface area contributed by atoms with E-state index in [2.05, 4.69) is 36.1 Å². The Morgan fingerprint density at radius 3 is 2.56 bits per heavy atom. The van der Waals surface area contributed by atoms with Crippen LogP contribution in [0.5, 0.6) is 0 Å². The minimum absolute atomic E-state index is 0.233. The molecule has 0 saturated heterocycles. The molecule has 0 saturated carbocycles. The van der Waals surface area contributed by atoms with Gasteiger partial charge in [-0.1, -0.05) is 31.2 Å². The van der Waals surface area contributed by atoms with E-state index >= 15 is 0 Å². The van der Waals surface area contributed by atoms with Crippen LogP contribution in [0, 0.1) is 0 Å². The van der Waals surface area contributed by atoms with Crippen molar-refractivity contribution in [3.05, 3.63) is 68.0 Å². The van der Waals surface area contributed by atoms with Gasteiger partial charge in [0.2, 0.25) is 0 Å². The van der Waals surface area contributed by atoms with Crippen LogP contribution in [0.4, 0.5) is 0 Å². The zero-order valence-corrected chi connectivity index (χ0v) is 15.4. The molecule has 1 aliphatic rings. The van der Waals surface area contributed by atoms with Crippen molar-refractivity contribution in [3.63, 3.8) is 0 Å². The number of fused-ring (bicyclic) bond motifs is 1. The Labute approximate surface area is 148 Å². The summed E-state index contributed by atoms with van der Waals surface area (Å²) in [7, 11) is 3.27. The number of aryl methyl sites for hydroxylation is 1. The molecule has 0 amide bonds. The van der Waals surface area contributed by atoms with Crippen LogP contribution in [-0.2, 0) is 33.5 Å². The first-order chi connectivity index (χ1) is 12.0. The van der Waals surface area contributed by atoms with Gasteiger partial charge < -0.3 is 0 Å². The molecule has 0 bridgehead atoms. The molecule has 2 aromatic rings. The van der Waals surface area contributed by atoms with Gasteiger partial charge in [0.1, 0.15) is 0 Å². The predicted molar refractivity (Wildman–Crippen MR) is 99.9 cm³/mol. The van der Waals surface area contributed by atoms with Crippen LogP contribution in [0.1, 0.15) is 36.6 Å². The Bertz CT molecular complexity index is 866. The van der Waals surface area contributed by atoms with Gasteiger partial charge in [0.05, 0.1) is 0 Å². The molecule has 0 unspecified atom stereocenters. The van der Waals surface area contributed by atoms with Crippen molar-refractivity contribution >= 4 is 0 Å². The normalized spacial score (nSPS) is 16.9. The van der Waals surface area contributed by atoms with Gasteiger partial charge in [-0.2, -0.15) is 0 Å². The number of hydrogen-bond donors (Lipinski definition) is 0. The van der Waals surface area contributed by atoms with Crippen LogP contribution in [0.2, 0.25) is 0 Å². The lowest BCUT2D eigenvalue weighted by molar-refractivity contribution is 0.167. The van der Waals surface area contributed by atoms with E-state index in [0.717, 1.165) is 42.5 Å². The first-order valence-corrected chi connectivity index (χ1v) is 9.08. The Balaban J connectivity index is 1.86. The second-order valence-electron chi connectivity index (χ2n) is 7.01. The van der Waals surface area contributed by atoms with E-state index < -0.39 is 0 Å². The van der Waals surface area contributed by atoms with Crippen LogP contribution in [0.15, 0.2) is 39.9 Å². The predicted octanol–water partition coefficient (Wildman–Crippen LogP) is 1.85. The highest BCUT2D eigenvalue weighted by Gasteiger charge is 2.24. The molecule has 5 heteroatoms. The van der Waals surface area contributed by atoms with Crippen molar-refractivity contribution in [1.29, 1.82) is 0 Å². The Morgan fingerprint density at radius 1 is 1.12 bits per heavy atom. The largest absolute Gasteiger partial charge is 0.330 e. The van der Waals surface area contributed by atoms with E-state index in [4.69, 9.17) is 0 Å². The van der Waals surface area contributed by atoms with Gasteiger partial charge in [0.25, 0.3) is 5.56 Å². The quantitative estimate of drug-likeness (QED) is 0.834. The molecule has 0 N–H and O–H groups in total. The van der Waals surface area contributed by atoms with Gasteiger partial charge >= 0.3 is 5.69 Å². The third kappa shape index (κ3) is 3.61. The minimum Gasteiger partial charge on any atom is -0.299 e. The monoisotopic (exact) mass is 341 g/mol. The van der Waals surface area contributed by atoms with Gasteiger partial charge in [-0.25, -0.2) is 4.79 Å². The molecule has 5 nitrogen and oxygen atoms in total. The van der Waals surface area contributed by atoms with Gasteiger partial charge in [-0.3, -0.25) is 18.8 Å². The molecule has 1 aromatic carbocycles. The van der Waals surface area contributed by atoms with Crippen molar-refractivity contribution in [2.24, 2.45) is 14.1 Å². The summed E-state index contributed by atoms with van der Waals surface area (Å²) in [6.07, 6.45) is 4.30. The zero-order valence-electron chi connectivity index (χ0n) is 15.4. The summed E-state index contributed by atoms with van der Waals surface area (Å²) in [6, 6.07) is 10.7. The fourth-order valence-electron chi connectivity index (χ4n) is 3.81. The van der Waals surface area contributed by atoms with E-state index in [1.54, 1.807) is 17.7 Å². The fourth-order valence-corrected chi connectivity index (χ4v) is 3.81. The second kappa shape index (κ2) is 7.40. The molecule has 0 aliphatic heterocycles. The third-order valence-electron chi connectivity index (χ3n) is 5.34. The zero-order chi connectivity index (χ0) is 18.0. The van der Waals surface area contributed by atoms with Gasteiger partial charge in [-0.05, 0) is 43.4 Å². The highest BCUT2D eigenvalue weighted by molar-refractivity contribution is 5.30. The first-order valence-electron chi connectivity index (χ1n) is 9.08. The maximum atomic E-state index is 12.2. The van der Waals surface area contributed by atoms with Crippen molar-refractivity contribution in [2.45, 2.75) is 45.2 Å². The van der Waals surface area contributed by atoms with Crippen molar-refractivity contribution in [2.75, 3.05) is 6.54 Å². The van der Waals surface area contributed by atoms with E-state index in [9.17, 15) is 9.59 Å². The van der Waals surface area contributed by atoms with Crippen molar-refractivity contribution in [3.8, 4) is 0 Å². The average molecular weight is 341 g/mol. The molecule has 0 fully saturated rings. The van der Waals surface area contributed by atoms with Gasteiger partial charge in [0, 0.05) is 38.4 Å². The third-order valence-corrected chi connectivity index (χ3v) is 5.34. The highest BCUT2D eigenvalue weighted by atomic mass is 16.2. The average Bonchev–Trinajstić information content (AvgIpc) is 2.63. The molecular formula is C20H27N3O2. The molecule has 3 rings (SSSR count). The van der Waals surface area contributed by atoms with Crippen LogP contribution in [0.3, 0.4) is 0 Å².